The van der Waals surface area contributed by atoms with Crippen molar-refractivity contribution in [3.05, 3.63) is 56.6 Å². The molecular weight excluding hydrogens is 367 g/mol. The molecule has 24 heavy (non-hydrogen) atoms. The smallest absolute Gasteiger partial charge is 0.120 e. The highest BCUT2D eigenvalue weighted by atomic mass is 35.5. The highest BCUT2D eigenvalue weighted by molar-refractivity contribution is 6.33. The van der Waals surface area contributed by atoms with Crippen LogP contribution in [0.4, 0.5) is 0 Å². The zero-order chi connectivity index (χ0) is 18.7. The monoisotopic (exact) mass is 392 g/mol. The molecule has 0 radical (unpaired) electrons. The van der Waals surface area contributed by atoms with E-state index in [2.05, 4.69) is 10.2 Å². The van der Waals surface area contributed by atoms with Crippen LogP contribution in [0.1, 0.15) is 33.3 Å². The molecule has 4 nitrogen and oxygen atoms in total. The molecule has 1 aliphatic heterocycles. The molecule has 1 aliphatic rings. The molecule has 0 unspecified atom stereocenters. The summed E-state index contributed by atoms with van der Waals surface area (Å²) >= 11 is 17.9. The van der Waals surface area contributed by atoms with E-state index in [0.29, 0.717) is 22.4 Å². The van der Waals surface area contributed by atoms with Crippen molar-refractivity contribution in [1.82, 2.24) is 10.2 Å². The van der Waals surface area contributed by atoms with E-state index in [0.717, 1.165) is 24.4 Å². The summed E-state index contributed by atoms with van der Waals surface area (Å²) in [5.41, 5.74) is 13.2. The molecule has 0 atom stereocenters. The van der Waals surface area contributed by atoms with Gasteiger partial charge in [0.2, 0.25) is 0 Å². The fourth-order valence-corrected chi connectivity index (χ4v) is 2.52. The third kappa shape index (κ3) is 7.12. The van der Waals surface area contributed by atoms with Gasteiger partial charge in [-0.15, -0.1) is 0 Å². The van der Waals surface area contributed by atoms with Gasteiger partial charge >= 0.3 is 0 Å². The molecule has 0 spiro atoms. The number of halogens is 3. The number of hydrogen-bond donors (Lipinski definition) is 3. The van der Waals surface area contributed by atoms with Crippen molar-refractivity contribution in [1.29, 1.82) is 0 Å². The Kier molecular flexibility index (Phi) is 11.6. The molecule has 7 heteroatoms. The minimum Gasteiger partial charge on any atom is -0.389 e. The quantitative estimate of drug-likeness (QED) is 0.656. The maximum absolute atomic E-state index is 6.19. The highest BCUT2D eigenvalue weighted by Gasteiger charge is 2.18. The average Bonchev–Trinajstić information content (AvgIpc) is 2.57. The summed E-state index contributed by atoms with van der Waals surface area (Å²) in [6, 6.07) is 5.38. The Hall–Kier alpha value is -1.23. The molecule has 5 N–H and O–H groups in total. The van der Waals surface area contributed by atoms with Gasteiger partial charge in [0.1, 0.15) is 11.0 Å². The van der Waals surface area contributed by atoms with Crippen LogP contribution in [0.2, 0.25) is 10.0 Å². The van der Waals surface area contributed by atoms with Gasteiger partial charge in [-0.05, 0) is 29.8 Å². The van der Waals surface area contributed by atoms with Gasteiger partial charge in [0.05, 0.1) is 5.70 Å². The molecule has 2 rings (SSSR count). The number of benzene rings is 1. The van der Waals surface area contributed by atoms with E-state index in [1.165, 1.54) is 0 Å². The summed E-state index contributed by atoms with van der Waals surface area (Å²) in [5, 5.41) is 4.56. The molecule has 0 fully saturated rings. The average molecular weight is 394 g/mol. The van der Waals surface area contributed by atoms with Gasteiger partial charge in [-0.25, -0.2) is 0 Å². The fraction of sp³-hybridized carbons (Fsp3) is 0.412. The predicted octanol–water partition coefficient (Wildman–Crippen LogP) is 4.62. The Balaban J connectivity index is 0.00000123. The lowest BCUT2D eigenvalue weighted by molar-refractivity contribution is 0.321. The minimum absolute atomic E-state index is 0.175. The Morgan fingerprint density at radius 2 is 1.88 bits per heavy atom. The van der Waals surface area contributed by atoms with Crippen LogP contribution in [0.5, 0.6) is 0 Å². The zero-order valence-corrected chi connectivity index (χ0v) is 16.9. The van der Waals surface area contributed by atoms with Gasteiger partial charge in [0.25, 0.3) is 0 Å². The molecule has 0 bridgehead atoms. The van der Waals surface area contributed by atoms with E-state index in [1.807, 2.05) is 33.8 Å². The van der Waals surface area contributed by atoms with Crippen molar-refractivity contribution >= 4 is 34.8 Å². The normalized spacial score (nSPS) is 14.1. The maximum Gasteiger partial charge on any atom is 0.120 e. The molecule has 0 amide bonds. The minimum atomic E-state index is 0.175. The van der Waals surface area contributed by atoms with Crippen molar-refractivity contribution in [2.45, 2.75) is 34.2 Å². The first-order valence-corrected chi connectivity index (χ1v) is 9.16. The van der Waals surface area contributed by atoms with Gasteiger partial charge in [-0.1, -0.05) is 62.5 Å². The second-order valence-electron chi connectivity index (χ2n) is 4.41. The van der Waals surface area contributed by atoms with Gasteiger partial charge in [-0.2, -0.15) is 0 Å². The molecule has 0 saturated carbocycles. The Bertz CT molecular complexity index is 567. The van der Waals surface area contributed by atoms with Crippen LogP contribution >= 0.6 is 34.8 Å². The third-order valence-electron chi connectivity index (χ3n) is 2.96. The summed E-state index contributed by atoms with van der Waals surface area (Å²) in [7, 11) is 0. The molecule has 0 aromatic heterocycles. The van der Waals surface area contributed by atoms with Gasteiger partial charge in [0, 0.05) is 29.7 Å². The van der Waals surface area contributed by atoms with E-state index < -0.39 is 0 Å². The molecule has 1 aromatic carbocycles. The van der Waals surface area contributed by atoms with Crippen molar-refractivity contribution in [3.63, 3.8) is 0 Å². The number of allylic oxidation sites excluding steroid dienone is 1. The first kappa shape index (κ1) is 22.8. The topological polar surface area (TPSA) is 67.3 Å². The second kappa shape index (κ2) is 12.2. The number of nitrogens with zero attached hydrogens (tertiary/aromatic N) is 1. The van der Waals surface area contributed by atoms with E-state index in [-0.39, 0.29) is 5.16 Å². The molecule has 0 saturated heterocycles. The summed E-state index contributed by atoms with van der Waals surface area (Å²) in [4.78, 5) is 2.05. The van der Waals surface area contributed by atoms with Gasteiger partial charge in [0.15, 0.2) is 0 Å². The van der Waals surface area contributed by atoms with Gasteiger partial charge < -0.3 is 21.7 Å². The molecule has 0 aliphatic carbocycles. The van der Waals surface area contributed by atoms with Crippen molar-refractivity contribution < 1.29 is 0 Å². The first-order chi connectivity index (χ1) is 11.5. The van der Waals surface area contributed by atoms with Crippen LogP contribution in [-0.4, -0.2) is 18.0 Å². The summed E-state index contributed by atoms with van der Waals surface area (Å²) in [6.45, 7) is 10.1. The van der Waals surface area contributed by atoms with E-state index in [9.17, 15) is 0 Å². The summed E-state index contributed by atoms with van der Waals surface area (Å²) < 4.78 is 0. The Labute approximate surface area is 160 Å². The number of nitrogens with one attached hydrogen (secondary N) is 1. The summed E-state index contributed by atoms with van der Waals surface area (Å²) in [5.74, 6) is 0.540. The largest absolute Gasteiger partial charge is 0.389 e. The van der Waals surface area contributed by atoms with Crippen LogP contribution in [-0.2, 0) is 6.54 Å². The van der Waals surface area contributed by atoms with Crippen LogP contribution in [0.3, 0.4) is 0 Å². The van der Waals surface area contributed by atoms with Crippen molar-refractivity contribution in [2.24, 2.45) is 11.5 Å². The standard InChI is InChI=1S/C13H15Cl3N4.2C2H6/c14-9-1-2-10(15)8(5-9)7-20-4-3-19-13(18)11(20)6-12(16)17;2*1-2/h1-2,5-6,19H,3-4,7,17-18H2;2*1-2H3/b12-6-;;. The second-order valence-corrected chi connectivity index (χ2v) is 5.69. The highest BCUT2D eigenvalue weighted by Crippen LogP contribution is 2.25. The van der Waals surface area contributed by atoms with Crippen LogP contribution in [0.15, 0.2) is 40.9 Å². The lowest BCUT2D eigenvalue weighted by atomic mass is 10.1. The first-order valence-electron chi connectivity index (χ1n) is 8.02. The lowest BCUT2D eigenvalue weighted by Crippen LogP contribution is -2.41. The SMILES string of the molecule is CC.CC.NC1=C(/C=C(\N)Cl)N(Cc2cc(Cl)ccc2Cl)CCN1. The molecule has 136 valence electrons. The van der Waals surface area contributed by atoms with Crippen molar-refractivity contribution in [2.75, 3.05) is 13.1 Å². The maximum atomic E-state index is 6.19. The number of nitrogens with two attached hydrogens (primary N) is 2. The number of hydrogen-bond acceptors (Lipinski definition) is 4. The van der Waals surface area contributed by atoms with Crippen LogP contribution in [0, 0.1) is 0 Å². The van der Waals surface area contributed by atoms with Crippen molar-refractivity contribution in [3.8, 4) is 0 Å². The van der Waals surface area contributed by atoms with Gasteiger partial charge in [-0.3, -0.25) is 0 Å². The van der Waals surface area contributed by atoms with Crippen LogP contribution in [0.25, 0.3) is 0 Å². The Morgan fingerprint density at radius 1 is 1.25 bits per heavy atom. The third-order valence-corrected chi connectivity index (χ3v) is 3.67. The molecule has 1 heterocycles. The molecule has 1 aromatic rings. The summed E-state index contributed by atoms with van der Waals surface area (Å²) in [6.07, 6.45) is 1.63. The zero-order valence-electron chi connectivity index (χ0n) is 14.7. The lowest BCUT2D eigenvalue weighted by Gasteiger charge is -2.32. The fourth-order valence-electron chi connectivity index (χ4n) is 2.04. The van der Waals surface area contributed by atoms with E-state index in [4.69, 9.17) is 46.3 Å². The molecular formula is C17H27Cl3N4. The Morgan fingerprint density at radius 3 is 2.46 bits per heavy atom. The van der Waals surface area contributed by atoms with Crippen LogP contribution < -0.4 is 16.8 Å². The predicted molar refractivity (Wildman–Crippen MR) is 107 cm³/mol. The number of rotatable bonds is 3. The van der Waals surface area contributed by atoms with E-state index >= 15 is 0 Å². The van der Waals surface area contributed by atoms with E-state index in [1.54, 1.807) is 18.2 Å².